The maximum atomic E-state index is 11.9. The highest BCUT2D eigenvalue weighted by Gasteiger charge is 2.12. The van der Waals surface area contributed by atoms with Crippen LogP contribution in [0.4, 0.5) is 5.82 Å². The number of anilines is 1. The molecule has 2 heterocycles. The van der Waals surface area contributed by atoms with Gasteiger partial charge in [-0.2, -0.15) is 5.10 Å². The summed E-state index contributed by atoms with van der Waals surface area (Å²) < 4.78 is 0. The average Bonchev–Trinajstić information content (AvgIpc) is 2.76. The van der Waals surface area contributed by atoms with E-state index in [1.54, 1.807) is 6.20 Å². The fraction of sp³-hybridized carbons (Fsp3) is 0.250. The van der Waals surface area contributed by atoms with Crippen LogP contribution in [0, 0.1) is 0 Å². The lowest BCUT2D eigenvalue weighted by Gasteiger charge is -2.01. The van der Waals surface area contributed by atoms with Gasteiger partial charge in [0, 0.05) is 11.9 Å². The molecule has 0 saturated heterocycles. The van der Waals surface area contributed by atoms with Crippen molar-refractivity contribution >= 4 is 11.6 Å². The highest BCUT2D eigenvalue weighted by Crippen LogP contribution is 2.10. The molecule has 3 N–H and O–H groups in total. The Morgan fingerprint density at radius 3 is 2.76 bits per heavy atom. The summed E-state index contributed by atoms with van der Waals surface area (Å²) in [7, 11) is 0. The number of aromatic amines is 1. The fourth-order valence-corrected chi connectivity index (χ4v) is 1.55. The second-order valence-electron chi connectivity index (χ2n) is 3.81. The molecule has 0 spiro atoms. The van der Waals surface area contributed by atoms with Crippen molar-refractivity contribution in [2.24, 2.45) is 0 Å². The zero-order valence-corrected chi connectivity index (χ0v) is 9.60. The first-order valence-electron chi connectivity index (χ1n) is 5.46. The molecule has 0 amide bonds. The molecule has 0 fully saturated rings. The molecule has 0 bridgehead atoms. The van der Waals surface area contributed by atoms with Crippen LogP contribution in [0.1, 0.15) is 28.5 Å². The summed E-state index contributed by atoms with van der Waals surface area (Å²) in [6.45, 7) is 2.06. The van der Waals surface area contributed by atoms with Gasteiger partial charge in [-0.05, 0) is 18.1 Å². The SMILES string of the molecule is CCc1ccc(CC(=O)c2cn[nH]c2N)nc1. The number of hydrogen-bond acceptors (Lipinski definition) is 4. The lowest BCUT2D eigenvalue weighted by molar-refractivity contribution is 0.0993. The Balaban J connectivity index is 2.10. The van der Waals surface area contributed by atoms with Crippen molar-refractivity contribution in [3.8, 4) is 0 Å². The van der Waals surface area contributed by atoms with Crippen molar-refractivity contribution in [3.63, 3.8) is 0 Å². The van der Waals surface area contributed by atoms with E-state index in [2.05, 4.69) is 22.1 Å². The topological polar surface area (TPSA) is 84.7 Å². The Labute approximate surface area is 99.1 Å². The van der Waals surface area contributed by atoms with Crippen LogP contribution in [0.3, 0.4) is 0 Å². The van der Waals surface area contributed by atoms with Crippen LogP contribution >= 0.6 is 0 Å². The predicted molar refractivity (Wildman–Crippen MR) is 64.6 cm³/mol. The highest BCUT2D eigenvalue weighted by molar-refractivity contribution is 6.00. The summed E-state index contributed by atoms with van der Waals surface area (Å²) in [5, 5.41) is 6.26. The van der Waals surface area contributed by atoms with E-state index in [4.69, 9.17) is 5.73 Å². The summed E-state index contributed by atoms with van der Waals surface area (Å²) in [5.74, 6) is 0.230. The molecular formula is C12H14N4O. The van der Waals surface area contributed by atoms with Gasteiger partial charge in [-0.15, -0.1) is 0 Å². The molecule has 0 atom stereocenters. The number of nitrogen functional groups attached to an aromatic ring is 1. The lowest BCUT2D eigenvalue weighted by atomic mass is 10.1. The summed E-state index contributed by atoms with van der Waals surface area (Å²) in [5.41, 5.74) is 7.90. The van der Waals surface area contributed by atoms with E-state index in [0.29, 0.717) is 11.4 Å². The normalized spacial score (nSPS) is 10.4. The Morgan fingerprint density at radius 2 is 2.24 bits per heavy atom. The van der Waals surface area contributed by atoms with Gasteiger partial charge in [-0.25, -0.2) is 0 Å². The first-order chi connectivity index (χ1) is 8.20. The minimum atomic E-state index is -0.0759. The number of H-pyrrole nitrogens is 1. The fourth-order valence-electron chi connectivity index (χ4n) is 1.55. The van der Waals surface area contributed by atoms with Crippen molar-refractivity contribution in [2.45, 2.75) is 19.8 Å². The zero-order valence-electron chi connectivity index (χ0n) is 9.60. The molecule has 2 aromatic rings. The van der Waals surface area contributed by atoms with Gasteiger partial charge in [-0.1, -0.05) is 13.0 Å². The zero-order chi connectivity index (χ0) is 12.3. The number of rotatable bonds is 4. The van der Waals surface area contributed by atoms with Gasteiger partial charge >= 0.3 is 0 Å². The van der Waals surface area contributed by atoms with E-state index < -0.39 is 0 Å². The van der Waals surface area contributed by atoms with Crippen LogP contribution < -0.4 is 5.73 Å². The van der Waals surface area contributed by atoms with Crippen molar-refractivity contribution in [3.05, 3.63) is 41.3 Å². The van der Waals surface area contributed by atoms with Gasteiger partial charge in [0.05, 0.1) is 18.2 Å². The number of nitrogens with zero attached hydrogens (tertiary/aromatic N) is 2. The maximum Gasteiger partial charge on any atom is 0.174 e. The quantitative estimate of drug-likeness (QED) is 0.777. The van der Waals surface area contributed by atoms with Gasteiger partial charge in [0.1, 0.15) is 5.82 Å². The number of hydrogen-bond donors (Lipinski definition) is 2. The largest absolute Gasteiger partial charge is 0.383 e. The van der Waals surface area contributed by atoms with Gasteiger partial charge in [-0.3, -0.25) is 14.9 Å². The third-order valence-electron chi connectivity index (χ3n) is 2.61. The second-order valence-corrected chi connectivity index (χ2v) is 3.81. The van der Waals surface area contributed by atoms with Crippen LogP contribution in [0.2, 0.25) is 0 Å². The van der Waals surface area contributed by atoms with Crippen LogP contribution in [0.15, 0.2) is 24.5 Å². The number of ketones is 1. The predicted octanol–water partition coefficient (Wildman–Crippen LogP) is 1.37. The number of Topliss-reactive ketones (excluding diaryl/α,β-unsaturated/α-hetero) is 1. The van der Waals surface area contributed by atoms with Gasteiger partial charge in [0.15, 0.2) is 5.78 Å². The van der Waals surface area contributed by atoms with Crippen molar-refractivity contribution in [2.75, 3.05) is 5.73 Å². The number of aryl methyl sites for hydroxylation is 1. The number of carbonyl (C=O) groups is 1. The molecule has 0 aliphatic carbocycles. The smallest absolute Gasteiger partial charge is 0.174 e. The van der Waals surface area contributed by atoms with Crippen LogP contribution in [-0.2, 0) is 12.8 Å². The standard InChI is InChI=1S/C12H14N4O/c1-2-8-3-4-9(14-6-8)5-11(17)10-7-15-16-12(10)13/h3-4,6-7H,2,5H2,1H3,(H3,13,15,16). The molecule has 5 heteroatoms. The average molecular weight is 230 g/mol. The van der Waals surface area contributed by atoms with Crippen LogP contribution in [0.5, 0.6) is 0 Å². The summed E-state index contributed by atoms with van der Waals surface area (Å²) in [6, 6.07) is 3.85. The van der Waals surface area contributed by atoms with E-state index >= 15 is 0 Å². The molecule has 0 radical (unpaired) electrons. The highest BCUT2D eigenvalue weighted by atomic mass is 16.1. The molecular weight excluding hydrogens is 216 g/mol. The molecule has 0 unspecified atom stereocenters. The van der Waals surface area contributed by atoms with Crippen LogP contribution in [0.25, 0.3) is 0 Å². The molecule has 17 heavy (non-hydrogen) atoms. The number of nitrogens with two attached hydrogens (primary N) is 1. The van der Waals surface area contributed by atoms with E-state index in [1.807, 2.05) is 12.1 Å². The molecule has 2 aromatic heterocycles. The number of aromatic nitrogens is 3. The molecule has 88 valence electrons. The minimum Gasteiger partial charge on any atom is -0.383 e. The van der Waals surface area contributed by atoms with E-state index in [9.17, 15) is 4.79 Å². The van der Waals surface area contributed by atoms with Crippen molar-refractivity contribution in [1.82, 2.24) is 15.2 Å². The van der Waals surface area contributed by atoms with Crippen LogP contribution in [-0.4, -0.2) is 21.0 Å². The number of pyridine rings is 1. The van der Waals surface area contributed by atoms with Crippen molar-refractivity contribution in [1.29, 1.82) is 0 Å². The summed E-state index contributed by atoms with van der Waals surface area (Å²) in [6.07, 6.45) is 4.42. The molecule has 0 aromatic carbocycles. The second kappa shape index (κ2) is 4.78. The molecule has 2 rings (SSSR count). The maximum absolute atomic E-state index is 11.9. The van der Waals surface area contributed by atoms with Crippen molar-refractivity contribution < 1.29 is 4.79 Å². The number of carbonyl (C=O) groups excluding carboxylic acids is 1. The number of nitrogens with one attached hydrogen (secondary N) is 1. The Hall–Kier alpha value is -2.17. The Bertz CT molecular complexity index is 516. The first-order valence-corrected chi connectivity index (χ1v) is 5.46. The van der Waals surface area contributed by atoms with Gasteiger partial charge in [0.2, 0.25) is 0 Å². The molecule has 0 aliphatic rings. The first kappa shape index (κ1) is 11.3. The summed E-state index contributed by atoms with van der Waals surface area (Å²) >= 11 is 0. The lowest BCUT2D eigenvalue weighted by Crippen LogP contribution is -2.06. The minimum absolute atomic E-state index is 0.0759. The molecule has 0 aliphatic heterocycles. The monoisotopic (exact) mass is 230 g/mol. The molecule has 5 nitrogen and oxygen atoms in total. The third-order valence-corrected chi connectivity index (χ3v) is 2.61. The van der Waals surface area contributed by atoms with E-state index in [1.165, 1.54) is 6.20 Å². The van der Waals surface area contributed by atoms with Gasteiger partial charge < -0.3 is 5.73 Å². The Morgan fingerprint density at radius 1 is 1.41 bits per heavy atom. The van der Waals surface area contributed by atoms with Gasteiger partial charge in [0.25, 0.3) is 0 Å². The molecule has 0 saturated carbocycles. The summed E-state index contributed by atoms with van der Waals surface area (Å²) in [4.78, 5) is 16.1. The van der Waals surface area contributed by atoms with E-state index in [-0.39, 0.29) is 12.2 Å². The third kappa shape index (κ3) is 2.50. The Kier molecular flexibility index (Phi) is 3.18. The van der Waals surface area contributed by atoms with E-state index in [0.717, 1.165) is 17.7 Å².